The third-order valence-corrected chi connectivity index (χ3v) is 9.56. The third kappa shape index (κ3) is 7.44. The Kier molecular flexibility index (Phi) is 9.98. The molecular formula is C48H44N2O. The molecule has 0 aliphatic carbocycles. The van der Waals surface area contributed by atoms with Crippen LogP contribution in [0, 0.1) is 6.92 Å². The second-order valence-corrected chi connectivity index (χ2v) is 12.9. The quantitative estimate of drug-likeness (QED) is 0.137. The normalized spacial score (nSPS) is 10.9. The van der Waals surface area contributed by atoms with Crippen molar-refractivity contribution in [3.8, 4) is 28.0 Å². The van der Waals surface area contributed by atoms with E-state index in [0.717, 1.165) is 52.7 Å². The van der Waals surface area contributed by atoms with E-state index in [1.807, 2.05) is 12.1 Å². The molecule has 3 heteroatoms. The molecule has 0 fully saturated rings. The van der Waals surface area contributed by atoms with Crippen LogP contribution < -0.4 is 14.5 Å². The van der Waals surface area contributed by atoms with Crippen molar-refractivity contribution in [1.29, 1.82) is 0 Å². The van der Waals surface area contributed by atoms with Gasteiger partial charge in [-0.05, 0) is 126 Å². The van der Waals surface area contributed by atoms with Crippen LogP contribution in [0.25, 0.3) is 22.3 Å². The Hall–Kier alpha value is -6.06. The molecule has 0 aromatic heterocycles. The van der Waals surface area contributed by atoms with Gasteiger partial charge in [0.2, 0.25) is 0 Å². The summed E-state index contributed by atoms with van der Waals surface area (Å²) >= 11 is 0. The molecule has 0 unspecified atom stereocenters. The lowest BCUT2D eigenvalue weighted by atomic mass is 10.0. The summed E-state index contributed by atoms with van der Waals surface area (Å²) in [5.74, 6) is 0.832. The molecular weight excluding hydrogens is 621 g/mol. The lowest BCUT2D eigenvalue weighted by Crippen LogP contribution is -2.10. The maximum Gasteiger partial charge on any atom is 0.120 e. The number of rotatable bonds is 11. The molecule has 0 radical (unpaired) electrons. The number of ether oxygens (including phenoxy) is 1. The molecule has 0 heterocycles. The first-order valence-corrected chi connectivity index (χ1v) is 17.8. The summed E-state index contributed by atoms with van der Waals surface area (Å²) < 4.78 is 5.59. The van der Waals surface area contributed by atoms with Crippen LogP contribution in [0.15, 0.2) is 170 Å². The van der Waals surface area contributed by atoms with Gasteiger partial charge in [-0.1, -0.05) is 110 Å². The summed E-state index contributed by atoms with van der Waals surface area (Å²) in [6, 6.07) is 61.2. The molecule has 0 spiro atoms. The Morgan fingerprint density at radius 1 is 0.392 bits per heavy atom. The van der Waals surface area contributed by atoms with Crippen LogP contribution in [0.5, 0.6) is 5.75 Å². The highest BCUT2D eigenvalue weighted by molar-refractivity contribution is 5.82. The Morgan fingerprint density at radius 3 is 1.14 bits per heavy atom. The van der Waals surface area contributed by atoms with Crippen LogP contribution in [-0.4, -0.2) is 7.11 Å². The Balaban J connectivity index is 1.20. The van der Waals surface area contributed by atoms with Crippen LogP contribution in [-0.2, 0) is 12.8 Å². The number of benzene rings is 7. The molecule has 7 rings (SSSR count). The van der Waals surface area contributed by atoms with Crippen molar-refractivity contribution in [1.82, 2.24) is 0 Å². The molecule has 7 aromatic rings. The number of hydrogen-bond donors (Lipinski definition) is 0. The van der Waals surface area contributed by atoms with Gasteiger partial charge in [0.05, 0.1) is 7.11 Å². The van der Waals surface area contributed by atoms with E-state index in [1.54, 1.807) is 7.11 Å². The summed E-state index contributed by atoms with van der Waals surface area (Å²) in [7, 11) is 1.71. The topological polar surface area (TPSA) is 15.7 Å². The molecule has 51 heavy (non-hydrogen) atoms. The second kappa shape index (κ2) is 15.2. The average molecular weight is 665 g/mol. The van der Waals surface area contributed by atoms with Crippen molar-refractivity contribution < 1.29 is 4.74 Å². The molecule has 0 bridgehead atoms. The minimum Gasteiger partial charge on any atom is -0.497 e. The maximum atomic E-state index is 5.59. The molecule has 3 nitrogen and oxygen atoms in total. The van der Waals surface area contributed by atoms with Gasteiger partial charge >= 0.3 is 0 Å². The van der Waals surface area contributed by atoms with Gasteiger partial charge in [0.1, 0.15) is 5.75 Å². The van der Waals surface area contributed by atoms with Crippen LogP contribution in [0.2, 0.25) is 0 Å². The minimum atomic E-state index is 0.832. The highest BCUT2D eigenvalue weighted by atomic mass is 16.5. The summed E-state index contributed by atoms with van der Waals surface area (Å²) in [5.41, 5.74) is 15.3. The average Bonchev–Trinajstić information content (AvgIpc) is 3.19. The molecule has 0 aliphatic rings. The fourth-order valence-corrected chi connectivity index (χ4v) is 6.63. The maximum absolute atomic E-state index is 5.59. The summed E-state index contributed by atoms with van der Waals surface area (Å²) in [4.78, 5) is 4.64. The highest BCUT2D eigenvalue weighted by Crippen LogP contribution is 2.39. The van der Waals surface area contributed by atoms with Crippen LogP contribution >= 0.6 is 0 Å². The predicted octanol–water partition coefficient (Wildman–Crippen LogP) is 13.4. The van der Waals surface area contributed by atoms with E-state index in [0.29, 0.717) is 0 Å². The summed E-state index contributed by atoms with van der Waals surface area (Å²) in [5, 5.41) is 0. The van der Waals surface area contributed by atoms with Crippen LogP contribution in [0.4, 0.5) is 34.1 Å². The SMILES string of the molecule is CCc1cccc(N(c2ccc(-c3ccc(C)cc3)cc2)c2ccc(-c3ccc(N(c4cccc(CC)c4)c4cccc(OC)c4)cc3)cc2)c1. The van der Waals surface area contributed by atoms with Crippen molar-refractivity contribution in [3.63, 3.8) is 0 Å². The van der Waals surface area contributed by atoms with Crippen molar-refractivity contribution in [2.75, 3.05) is 16.9 Å². The number of hydrogen-bond acceptors (Lipinski definition) is 3. The minimum absolute atomic E-state index is 0.832. The lowest BCUT2D eigenvalue weighted by molar-refractivity contribution is 0.415. The Morgan fingerprint density at radius 2 is 0.745 bits per heavy atom. The number of nitrogens with zero attached hydrogens (tertiary/aromatic N) is 2. The van der Waals surface area contributed by atoms with E-state index < -0.39 is 0 Å². The Bertz CT molecular complexity index is 2150. The van der Waals surface area contributed by atoms with E-state index in [-0.39, 0.29) is 0 Å². The van der Waals surface area contributed by atoms with Gasteiger partial charge in [-0.2, -0.15) is 0 Å². The van der Waals surface area contributed by atoms with Gasteiger partial charge in [0.25, 0.3) is 0 Å². The Labute approximate surface area is 303 Å². The van der Waals surface area contributed by atoms with Gasteiger partial charge in [-0.15, -0.1) is 0 Å². The van der Waals surface area contributed by atoms with E-state index in [4.69, 9.17) is 4.74 Å². The van der Waals surface area contributed by atoms with E-state index in [2.05, 4.69) is 188 Å². The first kappa shape index (κ1) is 33.4. The summed E-state index contributed by atoms with van der Waals surface area (Å²) in [6.07, 6.45) is 1.97. The molecule has 0 N–H and O–H groups in total. The molecule has 252 valence electrons. The standard InChI is InChI=1S/C48H44N2O/c1-5-36-10-7-12-45(32-36)49(42-26-20-39(21-27-42)38-18-16-35(3)17-19-38)43-28-22-40(23-29-43)41-24-30-44(31-25-41)50(46-13-8-11-37(6-2)33-46)47-14-9-15-48(34-47)51-4/h7-34H,5-6H2,1-4H3. The monoisotopic (exact) mass is 664 g/mol. The largest absolute Gasteiger partial charge is 0.497 e. The van der Waals surface area contributed by atoms with Crippen LogP contribution in [0.3, 0.4) is 0 Å². The summed E-state index contributed by atoms with van der Waals surface area (Å²) in [6.45, 7) is 6.53. The van der Waals surface area contributed by atoms with Crippen molar-refractivity contribution in [2.45, 2.75) is 33.6 Å². The van der Waals surface area contributed by atoms with Gasteiger partial charge in [-0.3, -0.25) is 0 Å². The molecule has 7 aromatic carbocycles. The smallest absolute Gasteiger partial charge is 0.120 e. The van der Waals surface area contributed by atoms with Crippen LogP contribution in [0.1, 0.15) is 30.5 Å². The number of anilines is 6. The molecule has 0 amide bonds. The second-order valence-electron chi connectivity index (χ2n) is 12.9. The lowest BCUT2D eigenvalue weighted by Gasteiger charge is -2.27. The molecule has 0 saturated carbocycles. The fraction of sp³-hybridized carbons (Fsp3) is 0.125. The van der Waals surface area contributed by atoms with Gasteiger partial charge in [0.15, 0.2) is 0 Å². The highest BCUT2D eigenvalue weighted by Gasteiger charge is 2.16. The molecule has 0 atom stereocenters. The van der Waals surface area contributed by atoms with Gasteiger partial charge < -0.3 is 14.5 Å². The zero-order valence-corrected chi connectivity index (χ0v) is 29.9. The third-order valence-electron chi connectivity index (χ3n) is 9.56. The first-order valence-electron chi connectivity index (χ1n) is 17.8. The van der Waals surface area contributed by atoms with E-state index >= 15 is 0 Å². The van der Waals surface area contributed by atoms with Crippen molar-refractivity contribution >= 4 is 34.1 Å². The van der Waals surface area contributed by atoms with Gasteiger partial charge in [0, 0.05) is 40.2 Å². The number of aryl methyl sites for hydroxylation is 3. The number of methoxy groups -OCH3 is 1. The fourth-order valence-electron chi connectivity index (χ4n) is 6.63. The van der Waals surface area contributed by atoms with E-state index in [1.165, 1.54) is 38.9 Å². The zero-order chi connectivity index (χ0) is 35.2. The molecule has 0 saturated heterocycles. The molecule has 0 aliphatic heterocycles. The van der Waals surface area contributed by atoms with E-state index in [9.17, 15) is 0 Å². The predicted molar refractivity (Wildman–Crippen MR) is 217 cm³/mol. The zero-order valence-electron chi connectivity index (χ0n) is 29.9. The van der Waals surface area contributed by atoms with Gasteiger partial charge in [-0.25, -0.2) is 0 Å². The van der Waals surface area contributed by atoms with Crippen molar-refractivity contribution in [2.24, 2.45) is 0 Å². The van der Waals surface area contributed by atoms with Crippen molar-refractivity contribution in [3.05, 3.63) is 187 Å². The first-order chi connectivity index (χ1) is 25.0.